The van der Waals surface area contributed by atoms with Gasteiger partial charge in [-0.25, -0.2) is 4.98 Å². The van der Waals surface area contributed by atoms with Crippen molar-refractivity contribution in [2.45, 2.75) is 11.9 Å². The Bertz CT molecular complexity index is 940. The molecule has 0 saturated carbocycles. The van der Waals surface area contributed by atoms with Gasteiger partial charge in [-0.1, -0.05) is 12.1 Å². The van der Waals surface area contributed by atoms with Crippen LogP contribution >= 0.6 is 23.1 Å². The van der Waals surface area contributed by atoms with Crippen LogP contribution in [-0.2, 0) is 4.74 Å². The van der Waals surface area contributed by atoms with E-state index in [0.717, 1.165) is 76.2 Å². The van der Waals surface area contributed by atoms with E-state index in [4.69, 9.17) is 14.5 Å². The first-order valence-electron chi connectivity index (χ1n) is 9.62. The smallest absolute Gasteiger partial charge is 0.124 e. The van der Waals surface area contributed by atoms with E-state index in [9.17, 15) is 0 Å². The quantitative estimate of drug-likeness (QED) is 0.527. The molecule has 0 N–H and O–H groups in total. The third-order valence-electron chi connectivity index (χ3n) is 4.75. The third-order valence-corrected chi connectivity index (χ3v) is 6.88. The molecule has 4 rings (SSSR count). The molecular formula is C21H24N4O2S2. The summed E-state index contributed by atoms with van der Waals surface area (Å²) in [5, 5.41) is 10.8. The van der Waals surface area contributed by atoms with Crippen LogP contribution in [0.15, 0.2) is 41.4 Å². The lowest BCUT2D eigenvalue weighted by Crippen LogP contribution is -2.37. The maximum atomic E-state index is 5.39. The summed E-state index contributed by atoms with van der Waals surface area (Å²) in [7, 11) is 1.67. The number of hydrogen-bond acceptors (Lipinski definition) is 8. The molecule has 0 bridgehead atoms. The topological polar surface area (TPSA) is 60.4 Å². The predicted octanol–water partition coefficient (Wildman–Crippen LogP) is 4.01. The van der Waals surface area contributed by atoms with Gasteiger partial charge in [-0.3, -0.25) is 4.90 Å². The largest absolute Gasteiger partial charge is 0.497 e. The Labute approximate surface area is 179 Å². The fourth-order valence-corrected chi connectivity index (χ4v) is 4.98. The standard InChI is InChI=1S/C21H24N4O2S2/c1-15-20(29-21(22-15)16-4-3-5-17(14-16)26-2)18-6-7-19(24-23-18)28-13-10-25-8-11-27-12-9-25/h3-7,14H,8-13H2,1-2H3. The molecule has 0 aliphatic carbocycles. The van der Waals surface area contributed by atoms with E-state index in [1.807, 2.05) is 37.3 Å². The Balaban J connectivity index is 1.41. The maximum absolute atomic E-state index is 5.39. The molecule has 152 valence electrons. The minimum atomic E-state index is 0.829. The minimum absolute atomic E-state index is 0.829. The van der Waals surface area contributed by atoms with Crippen LogP contribution in [0.2, 0.25) is 0 Å². The molecule has 0 unspecified atom stereocenters. The molecule has 0 amide bonds. The van der Waals surface area contributed by atoms with Gasteiger partial charge in [0.2, 0.25) is 0 Å². The molecule has 3 heterocycles. The molecule has 8 heteroatoms. The SMILES string of the molecule is COc1cccc(-c2nc(C)c(-c3ccc(SCCN4CCOCC4)nn3)s2)c1. The molecular weight excluding hydrogens is 404 g/mol. The Kier molecular flexibility index (Phi) is 6.76. The zero-order valence-electron chi connectivity index (χ0n) is 16.6. The highest BCUT2D eigenvalue weighted by atomic mass is 32.2. The molecule has 0 radical (unpaired) electrons. The summed E-state index contributed by atoms with van der Waals surface area (Å²) in [6, 6.07) is 12.1. The molecule has 1 aliphatic heterocycles. The van der Waals surface area contributed by atoms with Gasteiger partial charge >= 0.3 is 0 Å². The number of thioether (sulfide) groups is 1. The Hall–Kier alpha value is -2.00. The molecule has 1 fully saturated rings. The first kappa shape index (κ1) is 20.3. The number of benzene rings is 1. The Morgan fingerprint density at radius 3 is 2.79 bits per heavy atom. The number of hydrogen-bond donors (Lipinski definition) is 0. The number of ether oxygens (including phenoxy) is 2. The molecule has 0 spiro atoms. The van der Waals surface area contributed by atoms with Crippen LogP contribution in [0.25, 0.3) is 21.1 Å². The van der Waals surface area contributed by atoms with Crippen molar-refractivity contribution in [3.8, 4) is 26.9 Å². The van der Waals surface area contributed by atoms with E-state index < -0.39 is 0 Å². The number of aromatic nitrogens is 3. The zero-order chi connectivity index (χ0) is 20.1. The van der Waals surface area contributed by atoms with Crippen molar-refractivity contribution in [1.82, 2.24) is 20.1 Å². The second-order valence-corrected chi connectivity index (χ2v) is 8.84. The summed E-state index contributed by atoms with van der Waals surface area (Å²) in [5.41, 5.74) is 2.88. The summed E-state index contributed by atoms with van der Waals surface area (Å²) in [4.78, 5) is 8.22. The highest BCUT2D eigenvalue weighted by Crippen LogP contribution is 2.35. The fraction of sp³-hybridized carbons (Fsp3) is 0.381. The van der Waals surface area contributed by atoms with Gasteiger partial charge in [0.1, 0.15) is 21.5 Å². The third kappa shape index (κ3) is 5.14. The van der Waals surface area contributed by atoms with Crippen molar-refractivity contribution in [2.75, 3.05) is 45.7 Å². The first-order valence-corrected chi connectivity index (χ1v) is 11.4. The normalized spacial score (nSPS) is 14.8. The van der Waals surface area contributed by atoms with Gasteiger partial charge < -0.3 is 9.47 Å². The monoisotopic (exact) mass is 428 g/mol. The summed E-state index contributed by atoms with van der Waals surface area (Å²) < 4.78 is 10.7. The van der Waals surface area contributed by atoms with E-state index in [1.165, 1.54) is 0 Å². The fourth-order valence-electron chi connectivity index (χ4n) is 3.14. The van der Waals surface area contributed by atoms with Crippen LogP contribution in [0.1, 0.15) is 5.69 Å². The number of rotatable bonds is 7. The van der Waals surface area contributed by atoms with Gasteiger partial charge in [-0.15, -0.1) is 33.3 Å². The van der Waals surface area contributed by atoms with Crippen LogP contribution in [0.4, 0.5) is 0 Å². The Morgan fingerprint density at radius 1 is 1.17 bits per heavy atom. The minimum Gasteiger partial charge on any atom is -0.497 e. The molecule has 2 aromatic heterocycles. The van der Waals surface area contributed by atoms with Gasteiger partial charge in [-0.2, -0.15) is 0 Å². The van der Waals surface area contributed by atoms with E-state index >= 15 is 0 Å². The van der Waals surface area contributed by atoms with Crippen LogP contribution in [0.3, 0.4) is 0 Å². The van der Waals surface area contributed by atoms with E-state index in [-0.39, 0.29) is 0 Å². The number of thiazole rings is 1. The number of aryl methyl sites for hydroxylation is 1. The van der Waals surface area contributed by atoms with Gasteiger partial charge in [0.25, 0.3) is 0 Å². The molecule has 1 aromatic carbocycles. The highest BCUT2D eigenvalue weighted by Gasteiger charge is 2.14. The van der Waals surface area contributed by atoms with Gasteiger partial charge in [0.05, 0.1) is 30.9 Å². The molecule has 1 aliphatic rings. The van der Waals surface area contributed by atoms with Crippen molar-refractivity contribution in [1.29, 1.82) is 0 Å². The van der Waals surface area contributed by atoms with Crippen molar-refractivity contribution >= 4 is 23.1 Å². The van der Waals surface area contributed by atoms with Crippen LogP contribution in [0.5, 0.6) is 5.75 Å². The molecule has 6 nitrogen and oxygen atoms in total. The lowest BCUT2D eigenvalue weighted by Gasteiger charge is -2.26. The first-order chi connectivity index (χ1) is 14.2. The average Bonchev–Trinajstić information content (AvgIpc) is 3.17. The Morgan fingerprint density at radius 2 is 2.03 bits per heavy atom. The number of methoxy groups -OCH3 is 1. The van der Waals surface area contributed by atoms with Crippen LogP contribution in [0, 0.1) is 6.92 Å². The van der Waals surface area contributed by atoms with E-state index in [2.05, 4.69) is 21.2 Å². The van der Waals surface area contributed by atoms with E-state index in [0.29, 0.717) is 0 Å². The van der Waals surface area contributed by atoms with Crippen molar-refractivity contribution < 1.29 is 9.47 Å². The maximum Gasteiger partial charge on any atom is 0.124 e. The summed E-state index contributed by atoms with van der Waals surface area (Å²) >= 11 is 3.38. The summed E-state index contributed by atoms with van der Waals surface area (Å²) in [6.07, 6.45) is 0. The number of morpholine rings is 1. The number of nitrogens with zero attached hydrogens (tertiary/aromatic N) is 4. The second kappa shape index (κ2) is 9.67. The summed E-state index contributed by atoms with van der Waals surface area (Å²) in [5.74, 6) is 1.84. The summed E-state index contributed by atoms with van der Waals surface area (Å²) in [6.45, 7) is 6.78. The highest BCUT2D eigenvalue weighted by molar-refractivity contribution is 7.99. The average molecular weight is 429 g/mol. The molecule has 3 aromatic rings. The van der Waals surface area contributed by atoms with E-state index in [1.54, 1.807) is 30.2 Å². The van der Waals surface area contributed by atoms with Crippen molar-refractivity contribution in [2.24, 2.45) is 0 Å². The lowest BCUT2D eigenvalue weighted by molar-refractivity contribution is 0.0410. The molecule has 1 saturated heterocycles. The second-order valence-electron chi connectivity index (χ2n) is 6.72. The van der Waals surface area contributed by atoms with Crippen LogP contribution < -0.4 is 4.74 Å². The lowest BCUT2D eigenvalue weighted by atomic mass is 10.2. The molecule has 0 atom stereocenters. The van der Waals surface area contributed by atoms with Crippen molar-refractivity contribution in [3.05, 3.63) is 42.1 Å². The van der Waals surface area contributed by atoms with Gasteiger partial charge in [-0.05, 0) is 31.2 Å². The van der Waals surface area contributed by atoms with Crippen LogP contribution in [-0.4, -0.2) is 65.8 Å². The van der Waals surface area contributed by atoms with Gasteiger partial charge in [0, 0.05) is 31.0 Å². The predicted molar refractivity (Wildman–Crippen MR) is 118 cm³/mol. The van der Waals surface area contributed by atoms with Crippen molar-refractivity contribution in [3.63, 3.8) is 0 Å². The molecule has 29 heavy (non-hydrogen) atoms. The zero-order valence-corrected chi connectivity index (χ0v) is 18.3. The van der Waals surface area contributed by atoms with Gasteiger partial charge in [0.15, 0.2) is 0 Å².